The van der Waals surface area contributed by atoms with Gasteiger partial charge < -0.3 is 4.74 Å². The summed E-state index contributed by atoms with van der Waals surface area (Å²) in [5, 5.41) is 0.822. The van der Waals surface area contributed by atoms with E-state index in [-0.39, 0.29) is 17.6 Å². The van der Waals surface area contributed by atoms with Crippen molar-refractivity contribution in [2.24, 2.45) is 0 Å². The molecule has 5 nitrogen and oxygen atoms in total. The van der Waals surface area contributed by atoms with Gasteiger partial charge in [0.15, 0.2) is 0 Å². The minimum absolute atomic E-state index is 0.0567. The van der Waals surface area contributed by atoms with E-state index >= 15 is 0 Å². The molecule has 1 aromatic carbocycles. The lowest BCUT2D eigenvalue weighted by Crippen LogP contribution is -2.20. The minimum atomic E-state index is -0.659. The first-order valence-electron chi connectivity index (χ1n) is 10.1. The highest BCUT2D eigenvalue weighted by Crippen LogP contribution is 2.39. The number of nitrogens with zero attached hydrogens (tertiary/aromatic N) is 4. The molecular formula is C23H20F2N4OS. The highest BCUT2D eigenvalue weighted by Gasteiger charge is 2.29. The summed E-state index contributed by atoms with van der Waals surface area (Å²) >= 11 is 1.45. The van der Waals surface area contributed by atoms with Gasteiger partial charge in [0.25, 0.3) is 0 Å². The van der Waals surface area contributed by atoms with Gasteiger partial charge in [-0.2, -0.15) is 0 Å². The average Bonchev–Trinajstić information content (AvgIpc) is 3.13. The van der Waals surface area contributed by atoms with Crippen LogP contribution in [0, 0.1) is 25.5 Å². The van der Waals surface area contributed by atoms with Crippen LogP contribution in [0.3, 0.4) is 0 Å². The number of fused-ring (bicyclic) bond motifs is 1. The lowest BCUT2D eigenvalue weighted by atomic mass is 9.91. The Kier molecular flexibility index (Phi) is 5.19. The number of aryl methyl sites for hydroxylation is 2. The van der Waals surface area contributed by atoms with Gasteiger partial charge in [0, 0.05) is 36.0 Å². The van der Waals surface area contributed by atoms with Gasteiger partial charge in [-0.05, 0) is 56.5 Å². The molecule has 0 N–H and O–H groups in total. The SMILES string of the molecule is Cc1cc([C@@H]2C[C@H](c3nc(-c4ccc(F)cc4F)c4nc(C)sc4n3)CCO2)ccn1. The van der Waals surface area contributed by atoms with Crippen molar-refractivity contribution in [2.45, 2.75) is 38.7 Å². The molecule has 0 saturated carbocycles. The first kappa shape index (κ1) is 20.1. The number of halogens is 2. The molecule has 1 aliphatic heterocycles. The van der Waals surface area contributed by atoms with Gasteiger partial charge in [0.05, 0.1) is 11.1 Å². The zero-order chi connectivity index (χ0) is 21.5. The van der Waals surface area contributed by atoms with E-state index in [1.807, 2.05) is 26.0 Å². The van der Waals surface area contributed by atoms with Crippen molar-refractivity contribution in [1.29, 1.82) is 0 Å². The average molecular weight is 439 g/mol. The van der Waals surface area contributed by atoms with E-state index in [1.54, 1.807) is 6.20 Å². The first-order chi connectivity index (χ1) is 15.0. The standard InChI is InChI=1S/C23H20F2N4OS/c1-12-9-14(5-7-26-12)19-10-15(6-8-30-19)22-28-20(17-4-3-16(24)11-18(17)25)21-23(29-22)31-13(2)27-21/h3-5,7,9,11,15,19H,6,8,10H2,1-2H3/t15-,19+/m1/s1. The van der Waals surface area contributed by atoms with Gasteiger partial charge in [-0.15, -0.1) is 0 Å². The lowest BCUT2D eigenvalue weighted by Gasteiger charge is -2.29. The summed E-state index contributed by atoms with van der Waals surface area (Å²) in [5.41, 5.74) is 3.20. The molecule has 0 radical (unpaired) electrons. The van der Waals surface area contributed by atoms with Crippen molar-refractivity contribution in [3.05, 3.63) is 70.3 Å². The highest BCUT2D eigenvalue weighted by molar-refractivity contribution is 7.18. The molecule has 0 unspecified atom stereocenters. The van der Waals surface area contributed by atoms with E-state index in [9.17, 15) is 8.78 Å². The first-order valence-corrected chi connectivity index (χ1v) is 10.9. The summed E-state index contributed by atoms with van der Waals surface area (Å²) in [5.74, 6) is -0.579. The maximum Gasteiger partial charge on any atom is 0.147 e. The van der Waals surface area contributed by atoms with Crippen molar-refractivity contribution in [3.63, 3.8) is 0 Å². The molecule has 1 aliphatic rings. The van der Waals surface area contributed by atoms with Crippen LogP contribution in [0.25, 0.3) is 21.6 Å². The Balaban J connectivity index is 1.57. The minimum Gasteiger partial charge on any atom is -0.373 e. The molecule has 1 fully saturated rings. The molecular weight excluding hydrogens is 418 g/mol. The van der Waals surface area contributed by atoms with Crippen molar-refractivity contribution in [2.75, 3.05) is 6.61 Å². The number of rotatable bonds is 3. The van der Waals surface area contributed by atoms with Crippen LogP contribution in [0.15, 0.2) is 36.5 Å². The largest absolute Gasteiger partial charge is 0.373 e. The molecule has 0 amide bonds. The third kappa shape index (κ3) is 3.93. The third-order valence-electron chi connectivity index (χ3n) is 5.51. The van der Waals surface area contributed by atoms with Crippen LogP contribution >= 0.6 is 11.3 Å². The van der Waals surface area contributed by atoms with Crippen molar-refractivity contribution >= 4 is 21.7 Å². The summed E-state index contributed by atoms with van der Waals surface area (Å²) in [6.07, 6.45) is 3.21. The highest BCUT2D eigenvalue weighted by atomic mass is 32.1. The van der Waals surface area contributed by atoms with Gasteiger partial charge in [-0.3, -0.25) is 4.98 Å². The van der Waals surface area contributed by atoms with E-state index in [2.05, 4.69) is 9.97 Å². The van der Waals surface area contributed by atoms with Gasteiger partial charge in [0.1, 0.15) is 33.5 Å². The molecule has 5 rings (SSSR count). The summed E-state index contributed by atoms with van der Waals surface area (Å²) in [6.45, 7) is 4.42. The van der Waals surface area contributed by atoms with E-state index in [1.165, 1.54) is 23.5 Å². The Bertz CT molecular complexity index is 1280. The molecule has 4 aromatic rings. The Morgan fingerprint density at radius 2 is 1.94 bits per heavy atom. The van der Waals surface area contributed by atoms with Crippen LogP contribution < -0.4 is 0 Å². The molecule has 4 heterocycles. The predicted octanol–water partition coefficient (Wildman–Crippen LogP) is 5.68. The zero-order valence-electron chi connectivity index (χ0n) is 17.1. The zero-order valence-corrected chi connectivity index (χ0v) is 17.9. The van der Waals surface area contributed by atoms with Crippen molar-refractivity contribution in [1.82, 2.24) is 19.9 Å². The number of hydrogen-bond acceptors (Lipinski definition) is 6. The number of aromatic nitrogens is 4. The second-order valence-electron chi connectivity index (χ2n) is 7.75. The second-order valence-corrected chi connectivity index (χ2v) is 8.93. The smallest absolute Gasteiger partial charge is 0.147 e. The predicted molar refractivity (Wildman–Crippen MR) is 115 cm³/mol. The summed E-state index contributed by atoms with van der Waals surface area (Å²) in [6, 6.07) is 7.52. The monoisotopic (exact) mass is 438 g/mol. The van der Waals surface area contributed by atoms with E-state index in [0.717, 1.165) is 35.2 Å². The topological polar surface area (TPSA) is 60.8 Å². The van der Waals surface area contributed by atoms with Crippen LogP contribution in [-0.4, -0.2) is 26.5 Å². The fourth-order valence-electron chi connectivity index (χ4n) is 4.03. The molecule has 0 spiro atoms. The van der Waals surface area contributed by atoms with Crippen LogP contribution in [0.5, 0.6) is 0 Å². The maximum atomic E-state index is 14.6. The quantitative estimate of drug-likeness (QED) is 0.412. The van der Waals surface area contributed by atoms with Gasteiger partial charge in [0.2, 0.25) is 0 Å². The molecule has 2 atom stereocenters. The number of pyridine rings is 1. The summed E-state index contributed by atoms with van der Waals surface area (Å²) < 4.78 is 34.1. The molecule has 1 saturated heterocycles. The number of thiazole rings is 1. The molecule has 31 heavy (non-hydrogen) atoms. The van der Waals surface area contributed by atoms with Gasteiger partial charge in [-0.1, -0.05) is 11.3 Å². The number of benzene rings is 1. The number of ether oxygens (including phenoxy) is 1. The van der Waals surface area contributed by atoms with Crippen molar-refractivity contribution in [3.8, 4) is 11.3 Å². The Morgan fingerprint density at radius 1 is 1.06 bits per heavy atom. The molecule has 0 bridgehead atoms. The molecule has 8 heteroatoms. The Labute approximate surface area is 182 Å². The second kappa shape index (κ2) is 8.01. The van der Waals surface area contributed by atoms with E-state index < -0.39 is 11.6 Å². The van der Waals surface area contributed by atoms with Crippen molar-refractivity contribution < 1.29 is 13.5 Å². The molecule has 0 aliphatic carbocycles. The third-order valence-corrected chi connectivity index (χ3v) is 6.38. The van der Waals surface area contributed by atoms with E-state index in [4.69, 9.17) is 14.7 Å². The Hall–Kier alpha value is -2.84. The Morgan fingerprint density at radius 3 is 2.74 bits per heavy atom. The molecule has 3 aromatic heterocycles. The summed E-state index contributed by atoms with van der Waals surface area (Å²) in [4.78, 5) is 19.0. The van der Waals surface area contributed by atoms with E-state index in [0.29, 0.717) is 28.5 Å². The molecule has 158 valence electrons. The van der Waals surface area contributed by atoms with Crippen LogP contribution in [0.2, 0.25) is 0 Å². The van der Waals surface area contributed by atoms with Crippen LogP contribution in [0.1, 0.15) is 47.0 Å². The van der Waals surface area contributed by atoms with Gasteiger partial charge >= 0.3 is 0 Å². The lowest BCUT2D eigenvalue weighted by molar-refractivity contribution is 0.00395. The number of hydrogen-bond donors (Lipinski definition) is 0. The van der Waals surface area contributed by atoms with Gasteiger partial charge in [-0.25, -0.2) is 23.7 Å². The summed E-state index contributed by atoms with van der Waals surface area (Å²) in [7, 11) is 0. The van der Waals surface area contributed by atoms with Crippen LogP contribution in [0.4, 0.5) is 8.78 Å². The van der Waals surface area contributed by atoms with Crippen LogP contribution in [-0.2, 0) is 4.74 Å². The maximum absolute atomic E-state index is 14.6. The fourth-order valence-corrected chi connectivity index (χ4v) is 4.82. The normalized spacial score (nSPS) is 19.1. The fraction of sp³-hybridized carbons (Fsp3) is 0.304.